The lowest BCUT2D eigenvalue weighted by Crippen LogP contribution is -2.08. The van der Waals surface area contributed by atoms with E-state index in [4.69, 9.17) is 5.73 Å². The van der Waals surface area contributed by atoms with Gasteiger partial charge in [-0.1, -0.05) is 11.8 Å². The number of aromatic nitrogens is 3. The van der Waals surface area contributed by atoms with Gasteiger partial charge in [-0.05, 0) is 40.9 Å². The number of rotatable bonds is 5. The van der Waals surface area contributed by atoms with Crippen molar-refractivity contribution >= 4 is 27.7 Å². The van der Waals surface area contributed by atoms with Gasteiger partial charge in [0.1, 0.15) is 17.5 Å². The summed E-state index contributed by atoms with van der Waals surface area (Å²) in [5.74, 6) is -0.249. The maximum absolute atomic E-state index is 13.9. The number of nitrogens with two attached hydrogens (primary N) is 1. The van der Waals surface area contributed by atoms with E-state index >= 15 is 0 Å². The lowest BCUT2D eigenvalue weighted by Gasteiger charge is -2.09. The quantitative estimate of drug-likeness (QED) is 0.643. The molecule has 1 aliphatic rings. The Bertz CT molecular complexity index is 672. The molecule has 2 N–H and O–H groups in total. The van der Waals surface area contributed by atoms with Crippen LogP contribution in [0.4, 0.5) is 8.78 Å². The van der Waals surface area contributed by atoms with Crippen LogP contribution in [0, 0.1) is 11.6 Å². The first-order valence-electron chi connectivity index (χ1n) is 6.50. The Hall–Kier alpha value is -0.990. The van der Waals surface area contributed by atoms with Gasteiger partial charge in [-0.25, -0.2) is 8.78 Å². The standard InChI is InChI=1S/C13H13BrF2N4S/c14-9-3-4-10(15)8(12(9)16)6-21-13-19-18-11(5-17)20(13)7-1-2-7/h3-4,7H,1-2,5-6,17H2. The molecule has 4 nitrogen and oxygen atoms in total. The molecule has 0 radical (unpaired) electrons. The smallest absolute Gasteiger partial charge is 0.191 e. The summed E-state index contributed by atoms with van der Waals surface area (Å²) in [5, 5.41) is 8.79. The first-order chi connectivity index (χ1) is 10.1. The number of benzene rings is 1. The second-order valence-electron chi connectivity index (χ2n) is 4.81. The van der Waals surface area contributed by atoms with Crippen molar-refractivity contribution in [2.24, 2.45) is 5.73 Å². The molecule has 0 bridgehead atoms. The minimum absolute atomic E-state index is 0.0361. The van der Waals surface area contributed by atoms with E-state index in [1.54, 1.807) is 0 Å². The molecule has 21 heavy (non-hydrogen) atoms. The number of hydrogen-bond donors (Lipinski definition) is 1. The molecule has 0 spiro atoms. The molecule has 8 heteroatoms. The lowest BCUT2D eigenvalue weighted by molar-refractivity contribution is 0.561. The second kappa shape index (κ2) is 6.02. The van der Waals surface area contributed by atoms with E-state index in [2.05, 4.69) is 26.1 Å². The molecule has 1 heterocycles. The largest absolute Gasteiger partial charge is 0.324 e. The van der Waals surface area contributed by atoms with Crippen molar-refractivity contribution in [3.05, 3.63) is 39.6 Å². The second-order valence-corrected chi connectivity index (χ2v) is 6.61. The van der Waals surface area contributed by atoms with Gasteiger partial charge in [0.25, 0.3) is 0 Å². The van der Waals surface area contributed by atoms with E-state index in [0.717, 1.165) is 18.7 Å². The van der Waals surface area contributed by atoms with Crippen molar-refractivity contribution in [2.45, 2.75) is 36.3 Å². The van der Waals surface area contributed by atoms with Crippen LogP contribution in [-0.4, -0.2) is 14.8 Å². The van der Waals surface area contributed by atoms with Gasteiger partial charge in [0.2, 0.25) is 0 Å². The highest BCUT2D eigenvalue weighted by atomic mass is 79.9. The highest BCUT2D eigenvalue weighted by Crippen LogP contribution is 2.39. The number of halogens is 3. The van der Waals surface area contributed by atoms with Gasteiger partial charge >= 0.3 is 0 Å². The van der Waals surface area contributed by atoms with Crippen molar-refractivity contribution in [2.75, 3.05) is 0 Å². The molecule has 2 aromatic rings. The summed E-state index contributed by atoms with van der Waals surface area (Å²) in [5.41, 5.74) is 5.68. The summed E-state index contributed by atoms with van der Waals surface area (Å²) in [6.07, 6.45) is 2.14. The minimum atomic E-state index is -0.570. The molecular weight excluding hydrogens is 362 g/mol. The number of hydrogen-bond acceptors (Lipinski definition) is 4. The summed E-state index contributed by atoms with van der Waals surface area (Å²) in [6.45, 7) is 0.309. The van der Waals surface area contributed by atoms with Crippen LogP contribution in [0.2, 0.25) is 0 Å². The summed E-state index contributed by atoms with van der Waals surface area (Å²) in [6, 6.07) is 2.98. The van der Waals surface area contributed by atoms with Gasteiger partial charge in [0, 0.05) is 17.4 Å². The van der Waals surface area contributed by atoms with Gasteiger partial charge < -0.3 is 10.3 Å². The molecule has 112 valence electrons. The molecular formula is C13H13BrF2N4S. The summed E-state index contributed by atoms with van der Waals surface area (Å²) in [7, 11) is 0. The van der Waals surface area contributed by atoms with Gasteiger partial charge in [-0.2, -0.15) is 0 Å². The van der Waals surface area contributed by atoms with E-state index in [-0.39, 0.29) is 15.8 Å². The fourth-order valence-corrected chi connectivity index (χ4v) is 3.48. The predicted octanol–water partition coefficient (Wildman–Crippen LogP) is 3.40. The summed E-state index contributed by atoms with van der Waals surface area (Å²) >= 11 is 4.34. The van der Waals surface area contributed by atoms with Crippen LogP contribution in [0.15, 0.2) is 21.8 Å². The minimum Gasteiger partial charge on any atom is -0.324 e. The molecule has 3 rings (SSSR count). The molecule has 0 amide bonds. The molecule has 0 saturated heterocycles. The van der Waals surface area contributed by atoms with Crippen molar-refractivity contribution in [1.82, 2.24) is 14.8 Å². The average molecular weight is 375 g/mol. The summed E-state index contributed by atoms with van der Waals surface area (Å²) < 4.78 is 29.9. The number of nitrogens with zero attached hydrogens (tertiary/aromatic N) is 3. The summed E-state index contributed by atoms with van der Waals surface area (Å²) in [4.78, 5) is 0. The first kappa shape index (κ1) is 14.9. The van der Waals surface area contributed by atoms with Gasteiger partial charge in [0.05, 0.1) is 11.0 Å². The Balaban J connectivity index is 1.83. The average Bonchev–Trinajstić information content (AvgIpc) is 3.23. The zero-order valence-corrected chi connectivity index (χ0v) is 13.4. The lowest BCUT2D eigenvalue weighted by atomic mass is 10.2. The Morgan fingerprint density at radius 2 is 2.10 bits per heavy atom. The van der Waals surface area contributed by atoms with E-state index in [0.29, 0.717) is 17.7 Å². The molecule has 1 fully saturated rings. The van der Waals surface area contributed by atoms with Crippen molar-refractivity contribution in [1.29, 1.82) is 0 Å². The van der Waals surface area contributed by atoms with Crippen molar-refractivity contribution < 1.29 is 8.78 Å². The Morgan fingerprint density at radius 3 is 2.76 bits per heavy atom. The van der Waals surface area contributed by atoms with Crippen molar-refractivity contribution in [3.63, 3.8) is 0 Å². The fraction of sp³-hybridized carbons (Fsp3) is 0.385. The van der Waals surface area contributed by atoms with Crippen LogP contribution < -0.4 is 5.73 Å². The molecule has 0 aliphatic heterocycles. The molecule has 1 aromatic carbocycles. The van der Waals surface area contributed by atoms with E-state index in [1.807, 2.05) is 4.57 Å². The molecule has 1 aromatic heterocycles. The molecule has 1 saturated carbocycles. The van der Waals surface area contributed by atoms with Crippen LogP contribution in [-0.2, 0) is 12.3 Å². The van der Waals surface area contributed by atoms with Crippen LogP contribution in [0.1, 0.15) is 30.3 Å². The maximum atomic E-state index is 13.9. The van der Waals surface area contributed by atoms with Crippen LogP contribution in [0.25, 0.3) is 0 Å². The topological polar surface area (TPSA) is 56.7 Å². The highest BCUT2D eigenvalue weighted by Gasteiger charge is 2.29. The van der Waals surface area contributed by atoms with E-state index in [9.17, 15) is 8.78 Å². The predicted molar refractivity (Wildman–Crippen MR) is 79.8 cm³/mol. The van der Waals surface area contributed by atoms with Gasteiger partial charge in [-0.3, -0.25) is 0 Å². The van der Waals surface area contributed by atoms with Crippen LogP contribution in [0.5, 0.6) is 0 Å². The SMILES string of the molecule is NCc1nnc(SCc2c(F)ccc(Br)c2F)n1C1CC1. The van der Waals surface area contributed by atoms with Gasteiger partial charge in [0.15, 0.2) is 5.16 Å². The molecule has 0 atom stereocenters. The maximum Gasteiger partial charge on any atom is 0.191 e. The zero-order chi connectivity index (χ0) is 15.0. The molecule has 0 unspecified atom stereocenters. The third-order valence-corrected chi connectivity index (χ3v) is 4.90. The van der Waals surface area contributed by atoms with E-state index in [1.165, 1.54) is 23.9 Å². The Kier molecular flexibility index (Phi) is 4.28. The number of thioether (sulfide) groups is 1. The monoisotopic (exact) mass is 374 g/mol. The zero-order valence-electron chi connectivity index (χ0n) is 11.0. The first-order valence-corrected chi connectivity index (χ1v) is 8.28. The third kappa shape index (κ3) is 2.97. The third-order valence-electron chi connectivity index (χ3n) is 3.31. The Labute approximate surface area is 133 Å². The molecule has 1 aliphatic carbocycles. The van der Waals surface area contributed by atoms with Crippen molar-refractivity contribution in [3.8, 4) is 0 Å². The van der Waals surface area contributed by atoms with Crippen LogP contribution in [0.3, 0.4) is 0 Å². The Morgan fingerprint density at radius 1 is 1.33 bits per heavy atom. The van der Waals surface area contributed by atoms with Crippen LogP contribution >= 0.6 is 27.7 Å². The fourth-order valence-electron chi connectivity index (χ4n) is 2.08. The van der Waals surface area contributed by atoms with Gasteiger partial charge in [-0.15, -0.1) is 10.2 Å². The van der Waals surface area contributed by atoms with E-state index < -0.39 is 11.6 Å². The normalized spacial score (nSPS) is 14.7. The highest BCUT2D eigenvalue weighted by molar-refractivity contribution is 9.10.